The maximum absolute atomic E-state index is 13.6. The van der Waals surface area contributed by atoms with Crippen molar-refractivity contribution in [3.05, 3.63) is 24.0 Å². The summed E-state index contributed by atoms with van der Waals surface area (Å²) in [4.78, 5) is 20.8. The van der Waals surface area contributed by atoms with Crippen molar-refractivity contribution in [3.63, 3.8) is 0 Å². The number of likely N-dealkylation sites (N-methyl/N-ethyl adjacent to an activating group) is 1. The molecule has 0 spiro atoms. The summed E-state index contributed by atoms with van der Waals surface area (Å²) in [6.45, 7) is 7.35. The number of piperazine rings is 1. The van der Waals surface area contributed by atoms with Crippen molar-refractivity contribution in [3.8, 4) is 0 Å². The first kappa shape index (κ1) is 15.3. The summed E-state index contributed by atoms with van der Waals surface area (Å²) in [6, 6.07) is 4.82. The summed E-state index contributed by atoms with van der Waals surface area (Å²) < 4.78 is 14.3. The number of anilines is 1. The number of benzene rings is 1. The van der Waals surface area contributed by atoms with E-state index in [1.165, 1.54) is 17.4 Å². The number of carbonyl (C=O) groups is 1. The molecule has 5 nitrogen and oxygen atoms in total. The lowest BCUT2D eigenvalue weighted by atomic mass is 10.3. The minimum atomic E-state index is -0.357. The highest BCUT2D eigenvalue weighted by atomic mass is 32.1. The zero-order valence-corrected chi connectivity index (χ0v) is 13.3. The van der Waals surface area contributed by atoms with Crippen molar-refractivity contribution in [1.29, 1.82) is 0 Å². The molecule has 0 atom stereocenters. The quantitative estimate of drug-likeness (QED) is 0.935. The molecule has 1 amide bonds. The molecular formula is C15H19FN4OS. The molecule has 1 N–H and O–H groups in total. The van der Waals surface area contributed by atoms with Gasteiger partial charge in [0.25, 0.3) is 0 Å². The van der Waals surface area contributed by atoms with E-state index in [1.807, 2.05) is 0 Å². The van der Waals surface area contributed by atoms with Gasteiger partial charge in [-0.15, -0.1) is 0 Å². The average Bonchev–Trinajstić information content (AvgIpc) is 2.92. The first-order chi connectivity index (χ1) is 10.7. The maximum Gasteiger partial charge on any atom is 0.240 e. The molecule has 0 aliphatic carbocycles. The molecule has 0 unspecified atom stereocenters. The number of halogens is 1. The van der Waals surface area contributed by atoms with E-state index in [-0.39, 0.29) is 11.7 Å². The molecule has 118 valence electrons. The van der Waals surface area contributed by atoms with Crippen molar-refractivity contribution in [2.24, 2.45) is 0 Å². The highest BCUT2D eigenvalue weighted by Gasteiger charge is 2.18. The molecule has 0 saturated carbocycles. The fourth-order valence-electron chi connectivity index (χ4n) is 2.59. The van der Waals surface area contributed by atoms with Crippen LogP contribution in [-0.4, -0.2) is 60.0 Å². The van der Waals surface area contributed by atoms with Crippen LogP contribution in [-0.2, 0) is 4.79 Å². The summed E-state index contributed by atoms with van der Waals surface area (Å²) in [6.07, 6.45) is 0. The van der Waals surface area contributed by atoms with Crippen molar-refractivity contribution in [1.82, 2.24) is 14.8 Å². The second-order valence-electron chi connectivity index (χ2n) is 5.36. The lowest BCUT2D eigenvalue weighted by Gasteiger charge is -2.33. The van der Waals surface area contributed by atoms with Crippen molar-refractivity contribution in [2.45, 2.75) is 6.92 Å². The molecule has 22 heavy (non-hydrogen) atoms. The lowest BCUT2D eigenvalue weighted by molar-refractivity contribution is -0.117. The van der Waals surface area contributed by atoms with Crippen LogP contribution in [0.15, 0.2) is 18.2 Å². The number of thiazole rings is 1. The lowest BCUT2D eigenvalue weighted by Crippen LogP contribution is -2.48. The first-order valence-corrected chi connectivity index (χ1v) is 8.27. The number of hydrogen-bond donors (Lipinski definition) is 1. The molecule has 1 aromatic heterocycles. The Morgan fingerprint density at radius 2 is 2.05 bits per heavy atom. The topological polar surface area (TPSA) is 48.5 Å². The van der Waals surface area contributed by atoms with Crippen LogP contribution < -0.4 is 5.32 Å². The van der Waals surface area contributed by atoms with Gasteiger partial charge in [0.2, 0.25) is 5.91 Å². The Morgan fingerprint density at radius 1 is 1.32 bits per heavy atom. The average molecular weight is 322 g/mol. The Morgan fingerprint density at radius 3 is 2.73 bits per heavy atom. The van der Waals surface area contributed by atoms with Gasteiger partial charge >= 0.3 is 0 Å². The fraction of sp³-hybridized carbons (Fsp3) is 0.467. The third kappa shape index (κ3) is 3.43. The number of carbonyl (C=O) groups excluding carboxylic acids is 1. The number of fused-ring (bicyclic) bond motifs is 1. The van der Waals surface area contributed by atoms with Crippen LogP contribution in [0, 0.1) is 5.82 Å². The van der Waals surface area contributed by atoms with E-state index >= 15 is 0 Å². The number of amides is 1. The molecule has 1 saturated heterocycles. The normalized spacial score (nSPS) is 17.0. The van der Waals surface area contributed by atoms with E-state index in [0.29, 0.717) is 17.2 Å². The molecule has 3 rings (SSSR count). The van der Waals surface area contributed by atoms with Gasteiger partial charge in [-0.2, -0.15) is 0 Å². The van der Waals surface area contributed by atoms with Gasteiger partial charge in [0.1, 0.15) is 11.3 Å². The van der Waals surface area contributed by atoms with Gasteiger partial charge in [-0.1, -0.05) is 24.3 Å². The van der Waals surface area contributed by atoms with Crippen LogP contribution in [0.1, 0.15) is 6.92 Å². The predicted octanol–water partition coefficient (Wildman–Crippen LogP) is 2.01. The Kier molecular flexibility index (Phi) is 4.66. The molecule has 7 heteroatoms. The highest BCUT2D eigenvalue weighted by molar-refractivity contribution is 7.22. The highest BCUT2D eigenvalue weighted by Crippen LogP contribution is 2.27. The molecular weight excluding hydrogens is 303 g/mol. The van der Waals surface area contributed by atoms with Gasteiger partial charge in [0.15, 0.2) is 5.13 Å². The van der Waals surface area contributed by atoms with Crippen LogP contribution in [0.5, 0.6) is 0 Å². The van der Waals surface area contributed by atoms with Crippen molar-refractivity contribution in [2.75, 3.05) is 44.6 Å². The minimum absolute atomic E-state index is 0.0931. The van der Waals surface area contributed by atoms with Gasteiger partial charge < -0.3 is 10.2 Å². The zero-order chi connectivity index (χ0) is 15.5. The summed E-state index contributed by atoms with van der Waals surface area (Å²) in [5, 5.41) is 3.23. The van der Waals surface area contributed by atoms with Gasteiger partial charge in [-0.25, -0.2) is 9.37 Å². The predicted molar refractivity (Wildman–Crippen MR) is 86.8 cm³/mol. The zero-order valence-electron chi connectivity index (χ0n) is 12.5. The van der Waals surface area contributed by atoms with E-state index in [1.54, 1.807) is 12.1 Å². The summed E-state index contributed by atoms with van der Waals surface area (Å²) in [7, 11) is 0. The maximum atomic E-state index is 13.6. The first-order valence-electron chi connectivity index (χ1n) is 7.45. The minimum Gasteiger partial charge on any atom is -0.301 e. The second kappa shape index (κ2) is 6.68. The molecule has 1 aromatic carbocycles. The number of nitrogens with one attached hydrogen (secondary N) is 1. The SMILES string of the molecule is CCN1CCN(CC(=O)Nc2nc3c(F)cccc3s2)CC1. The van der Waals surface area contributed by atoms with E-state index in [2.05, 4.69) is 27.0 Å². The fourth-order valence-corrected chi connectivity index (χ4v) is 3.49. The van der Waals surface area contributed by atoms with Crippen LogP contribution in [0.4, 0.5) is 9.52 Å². The van der Waals surface area contributed by atoms with Crippen LogP contribution in [0.2, 0.25) is 0 Å². The van der Waals surface area contributed by atoms with E-state index in [4.69, 9.17) is 0 Å². The van der Waals surface area contributed by atoms with Crippen LogP contribution >= 0.6 is 11.3 Å². The Balaban J connectivity index is 1.58. The number of nitrogens with zero attached hydrogens (tertiary/aromatic N) is 3. The Labute approximate surface area is 132 Å². The van der Waals surface area contributed by atoms with Crippen molar-refractivity contribution >= 4 is 32.6 Å². The summed E-state index contributed by atoms with van der Waals surface area (Å²) in [5.74, 6) is -0.450. The number of para-hydroxylation sites is 1. The molecule has 0 bridgehead atoms. The molecule has 2 aromatic rings. The molecule has 1 aliphatic rings. The Hall–Kier alpha value is -1.57. The molecule has 1 aliphatic heterocycles. The number of rotatable bonds is 4. The molecule has 0 radical (unpaired) electrons. The van der Waals surface area contributed by atoms with Gasteiger partial charge in [-0.3, -0.25) is 9.69 Å². The van der Waals surface area contributed by atoms with Gasteiger partial charge in [0.05, 0.1) is 11.2 Å². The van der Waals surface area contributed by atoms with E-state index < -0.39 is 0 Å². The van der Waals surface area contributed by atoms with Gasteiger partial charge in [0, 0.05) is 26.2 Å². The standard InChI is InChI=1S/C15H19FN4OS/c1-2-19-6-8-20(9-7-19)10-13(21)17-15-18-14-11(16)4-3-5-12(14)22-15/h3-5H,2,6-10H2,1H3,(H,17,18,21). The van der Waals surface area contributed by atoms with Gasteiger partial charge in [-0.05, 0) is 18.7 Å². The van der Waals surface area contributed by atoms with E-state index in [0.717, 1.165) is 37.4 Å². The second-order valence-corrected chi connectivity index (χ2v) is 6.39. The number of hydrogen-bond acceptors (Lipinski definition) is 5. The Bertz CT molecular complexity index is 667. The third-order valence-electron chi connectivity index (χ3n) is 3.90. The molecule has 2 heterocycles. The summed E-state index contributed by atoms with van der Waals surface area (Å²) in [5.41, 5.74) is 0.319. The molecule has 1 fully saturated rings. The monoisotopic (exact) mass is 322 g/mol. The van der Waals surface area contributed by atoms with Crippen LogP contribution in [0.3, 0.4) is 0 Å². The largest absolute Gasteiger partial charge is 0.301 e. The van der Waals surface area contributed by atoms with Crippen molar-refractivity contribution < 1.29 is 9.18 Å². The van der Waals surface area contributed by atoms with Crippen LogP contribution in [0.25, 0.3) is 10.2 Å². The smallest absolute Gasteiger partial charge is 0.240 e. The third-order valence-corrected chi connectivity index (χ3v) is 4.83. The number of aromatic nitrogens is 1. The van der Waals surface area contributed by atoms with E-state index in [9.17, 15) is 9.18 Å². The summed E-state index contributed by atoms with van der Waals surface area (Å²) >= 11 is 1.30.